The van der Waals surface area contributed by atoms with Gasteiger partial charge in [0.05, 0.1) is 0 Å². The van der Waals surface area contributed by atoms with Crippen LogP contribution < -0.4 is 21.1 Å². The number of H-pyrrole nitrogens is 1. The van der Waals surface area contributed by atoms with Gasteiger partial charge in [-0.2, -0.15) is 0 Å². The van der Waals surface area contributed by atoms with Crippen LogP contribution in [0.2, 0.25) is 0 Å². The highest BCUT2D eigenvalue weighted by atomic mass is 79.9. The van der Waals surface area contributed by atoms with Crippen molar-refractivity contribution in [3.8, 4) is 0 Å². The van der Waals surface area contributed by atoms with Gasteiger partial charge in [0, 0.05) is 52.2 Å². The van der Waals surface area contributed by atoms with Gasteiger partial charge in [-0.05, 0) is 89.8 Å². The quantitative estimate of drug-likeness (QED) is 0.405. The van der Waals surface area contributed by atoms with E-state index in [0.717, 1.165) is 51.9 Å². The molecule has 0 spiro atoms. The molecule has 1 aromatic carbocycles. The van der Waals surface area contributed by atoms with E-state index in [1.54, 1.807) is 0 Å². The summed E-state index contributed by atoms with van der Waals surface area (Å²) in [5.74, 6) is 0. The normalized spacial score (nSPS) is 19.7. The fourth-order valence-electron chi connectivity index (χ4n) is 4.98. The number of hydrogen-bond acceptors (Lipinski definition) is 5. The maximum absolute atomic E-state index is 12.3. The fourth-order valence-corrected chi connectivity index (χ4v) is 5.44. The Hall–Kier alpha value is -1.67. The second-order valence-corrected chi connectivity index (χ2v) is 9.86. The van der Waals surface area contributed by atoms with Crippen molar-refractivity contribution in [2.75, 3.05) is 18.5 Å². The molecular weight excluding hydrogens is 468 g/mol. The van der Waals surface area contributed by atoms with E-state index in [4.69, 9.17) is 0 Å². The Morgan fingerprint density at radius 3 is 2.47 bits per heavy atom. The number of halogens is 1. The second-order valence-electron chi connectivity index (χ2n) is 8.95. The summed E-state index contributed by atoms with van der Waals surface area (Å²) in [4.78, 5) is 17.7. The van der Waals surface area contributed by atoms with Crippen LogP contribution in [-0.2, 0) is 6.54 Å². The van der Waals surface area contributed by atoms with Crippen molar-refractivity contribution in [3.63, 3.8) is 0 Å². The lowest BCUT2D eigenvalue weighted by Gasteiger charge is -2.39. The largest absolute Gasteiger partial charge is 0.374 e. The highest BCUT2D eigenvalue weighted by Gasteiger charge is 2.27. The minimum atomic E-state index is -0.870. The summed E-state index contributed by atoms with van der Waals surface area (Å²) in [6.45, 7) is 9.30. The summed E-state index contributed by atoms with van der Waals surface area (Å²) in [6, 6.07) is 7.20. The van der Waals surface area contributed by atoms with E-state index in [1.165, 1.54) is 12.8 Å². The van der Waals surface area contributed by atoms with Crippen LogP contribution in [0, 0.1) is 20.8 Å². The number of hydrogen-bond donors (Lipinski definition) is 4. The number of benzene rings is 1. The number of aromatic amines is 1. The first-order chi connectivity index (χ1) is 15.2. The van der Waals surface area contributed by atoms with Crippen LogP contribution in [0.25, 0.3) is 0 Å². The molecule has 7 heteroatoms. The first kappa shape index (κ1) is 25.0. The van der Waals surface area contributed by atoms with Gasteiger partial charge in [-0.1, -0.05) is 15.9 Å². The molecule has 2 aromatic rings. The minimum absolute atomic E-state index is 0.108. The van der Waals surface area contributed by atoms with Crippen LogP contribution in [0.15, 0.2) is 27.5 Å². The summed E-state index contributed by atoms with van der Waals surface area (Å²) < 4.78 is 0.945. The van der Waals surface area contributed by atoms with Crippen LogP contribution in [0.3, 0.4) is 0 Å². The Morgan fingerprint density at radius 1 is 1.19 bits per heavy atom. The molecule has 1 atom stereocenters. The summed E-state index contributed by atoms with van der Waals surface area (Å²) in [5.41, 5.74) is 5.37. The van der Waals surface area contributed by atoms with E-state index in [2.05, 4.69) is 56.4 Å². The van der Waals surface area contributed by atoms with E-state index in [0.29, 0.717) is 24.2 Å². The minimum Gasteiger partial charge on any atom is -0.374 e. The van der Waals surface area contributed by atoms with Crippen molar-refractivity contribution >= 4 is 21.6 Å². The van der Waals surface area contributed by atoms with Gasteiger partial charge >= 0.3 is 0 Å². The van der Waals surface area contributed by atoms with Gasteiger partial charge in [0.15, 0.2) is 0 Å². The van der Waals surface area contributed by atoms with E-state index in [9.17, 15) is 9.90 Å². The third-order valence-corrected chi connectivity index (χ3v) is 7.30. The molecule has 0 bridgehead atoms. The Morgan fingerprint density at radius 2 is 1.88 bits per heavy atom. The van der Waals surface area contributed by atoms with Gasteiger partial charge in [-0.15, -0.1) is 0 Å². The average molecular weight is 506 g/mol. The maximum Gasteiger partial charge on any atom is 0.252 e. The van der Waals surface area contributed by atoms with Crippen molar-refractivity contribution in [2.24, 2.45) is 0 Å². The first-order valence-corrected chi connectivity index (χ1v) is 12.4. The molecule has 1 saturated carbocycles. The average Bonchev–Trinajstić information content (AvgIpc) is 2.75. The first-order valence-electron chi connectivity index (χ1n) is 11.6. The number of rotatable bonds is 8. The lowest BCUT2D eigenvalue weighted by Crippen LogP contribution is -2.42. The summed E-state index contributed by atoms with van der Waals surface area (Å²) in [6.07, 6.45) is 3.83. The third-order valence-electron chi connectivity index (χ3n) is 6.84. The zero-order valence-corrected chi connectivity index (χ0v) is 21.5. The monoisotopic (exact) mass is 504 g/mol. The lowest BCUT2D eigenvalue weighted by atomic mass is 9.89. The van der Waals surface area contributed by atoms with E-state index in [1.807, 2.05) is 33.0 Å². The van der Waals surface area contributed by atoms with E-state index < -0.39 is 6.23 Å². The molecule has 1 heterocycles. The van der Waals surface area contributed by atoms with Gasteiger partial charge in [-0.25, -0.2) is 0 Å². The standard InChI is InChI=1S/C25H37BrN4O2/c1-6-30(20-9-7-19(27-5)8-10-20)23-13-18(26)12-21(17(23)4)24(31)28-14-22-15(2)11-16(3)29-25(22)32/h11-13,19-20,24,27-28,31H,6-10,14H2,1-5H3,(H,29,32). The maximum atomic E-state index is 12.3. The van der Waals surface area contributed by atoms with Gasteiger partial charge in [0.1, 0.15) is 6.23 Å². The van der Waals surface area contributed by atoms with Crippen LogP contribution in [-0.4, -0.2) is 35.8 Å². The number of anilines is 1. The number of aryl methyl sites for hydroxylation is 2. The Bertz CT molecular complexity index is 983. The SMILES string of the molecule is CCN(c1cc(Br)cc(C(O)NCc2c(C)cc(C)[nH]c2=O)c1C)C1CCC(NC)CC1. The zero-order valence-electron chi connectivity index (χ0n) is 19.9. The molecule has 1 fully saturated rings. The van der Waals surface area contributed by atoms with Gasteiger partial charge in [-0.3, -0.25) is 10.1 Å². The second kappa shape index (κ2) is 11.0. The van der Waals surface area contributed by atoms with Crippen LogP contribution in [0.1, 0.15) is 66.8 Å². The molecule has 1 aliphatic carbocycles. The molecule has 1 unspecified atom stereocenters. The van der Waals surface area contributed by atoms with Crippen molar-refractivity contribution in [2.45, 2.75) is 78.2 Å². The third kappa shape index (κ3) is 5.63. The molecule has 1 aliphatic rings. The molecule has 0 aliphatic heterocycles. The Labute approximate surface area is 199 Å². The Kier molecular flexibility index (Phi) is 8.55. The van der Waals surface area contributed by atoms with Gasteiger partial charge < -0.3 is 20.3 Å². The van der Waals surface area contributed by atoms with E-state index >= 15 is 0 Å². The van der Waals surface area contributed by atoms with Crippen LogP contribution >= 0.6 is 15.9 Å². The molecule has 176 valence electrons. The number of pyridine rings is 1. The summed E-state index contributed by atoms with van der Waals surface area (Å²) >= 11 is 3.65. The topological polar surface area (TPSA) is 80.4 Å². The Balaban J connectivity index is 1.81. The number of aliphatic hydroxyl groups excluding tert-OH is 1. The predicted molar refractivity (Wildman–Crippen MR) is 135 cm³/mol. The molecule has 1 aromatic heterocycles. The van der Waals surface area contributed by atoms with Crippen LogP contribution in [0.4, 0.5) is 5.69 Å². The number of aromatic nitrogens is 1. The van der Waals surface area contributed by atoms with Gasteiger partial charge in [0.2, 0.25) is 0 Å². The molecule has 4 N–H and O–H groups in total. The zero-order chi connectivity index (χ0) is 23.4. The molecule has 6 nitrogen and oxygen atoms in total. The van der Waals surface area contributed by atoms with Crippen molar-refractivity contribution in [1.82, 2.24) is 15.6 Å². The molecule has 32 heavy (non-hydrogen) atoms. The molecule has 3 rings (SSSR count). The summed E-state index contributed by atoms with van der Waals surface area (Å²) in [5, 5.41) is 17.6. The molecule has 0 amide bonds. The molecular formula is C25H37BrN4O2. The lowest BCUT2D eigenvalue weighted by molar-refractivity contribution is 0.136. The van der Waals surface area contributed by atoms with Crippen molar-refractivity contribution < 1.29 is 5.11 Å². The number of aliphatic hydroxyl groups is 1. The van der Waals surface area contributed by atoms with Gasteiger partial charge in [0.25, 0.3) is 5.56 Å². The molecule has 0 radical (unpaired) electrons. The fraction of sp³-hybridized carbons (Fsp3) is 0.560. The summed E-state index contributed by atoms with van der Waals surface area (Å²) in [7, 11) is 2.05. The predicted octanol–water partition coefficient (Wildman–Crippen LogP) is 4.20. The molecule has 0 saturated heterocycles. The number of nitrogens with one attached hydrogen (secondary N) is 3. The number of nitrogens with zero attached hydrogens (tertiary/aromatic N) is 1. The smallest absolute Gasteiger partial charge is 0.252 e. The highest BCUT2D eigenvalue weighted by Crippen LogP contribution is 2.35. The van der Waals surface area contributed by atoms with E-state index in [-0.39, 0.29) is 5.56 Å². The van der Waals surface area contributed by atoms with Crippen LogP contribution in [0.5, 0.6) is 0 Å². The van der Waals surface area contributed by atoms with Crippen molar-refractivity contribution in [3.05, 3.63) is 61.0 Å². The highest BCUT2D eigenvalue weighted by molar-refractivity contribution is 9.10. The van der Waals surface area contributed by atoms with Crippen molar-refractivity contribution in [1.29, 1.82) is 0 Å².